The highest BCUT2D eigenvalue weighted by molar-refractivity contribution is 6.09. The Hall–Kier alpha value is -3.13. The largest absolute Gasteiger partial charge is 0.347 e. The second-order valence-corrected chi connectivity index (χ2v) is 5.78. The molecule has 1 aromatic carbocycles. The van der Waals surface area contributed by atoms with E-state index in [2.05, 4.69) is 22.8 Å². The van der Waals surface area contributed by atoms with E-state index in [1.54, 1.807) is 7.05 Å². The number of nitrogens with one attached hydrogen (secondary N) is 2. The summed E-state index contributed by atoms with van der Waals surface area (Å²) in [7, 11) is 1.58. The molecule has 1 fully saturated rings. The Labute approximate surface area is 142 Å². The van der Waals surface area contributed by atoms with E-state index in [1.807, 2.05) is 43.3 Å². The first-order valence-corrected chi connectivity index (χ1v) is 7.47. The van der Waals surface area contributed by atoms with Crippen molar-refractivity contribution in [2.24, 2.45) is 4.99 Å². The number of carbonyl (C=O) groups excluding carboxylic acids is 1. The number of hydrogen-bond acceptors (Lipinski definition) is 3. The van der Waals surface area contributed by atoms with Crippen molar-refractivity contribution in [3.63, 3.8) is 0 Å². The summed E-state index contributed by atoms with van der Waals surface area (Å²) in [5.74, 6) is 2.57. The first-order chi connectivity index (χ1) is 11.4. The van der Waals surface area contributed by atoms with Crippen molar-refractivity contribution in [1.29, 1.82) is 5.41 Å². The molecule has 0 unspecified atom stereocenters. The zero-order valence-corrected chi connectivity index (χ0v) is 13.8. The van der Waals surface area contributed by atoms with Gasteiger partial charge in [0, 0.05) is 24.4 Å². The smallest absolute Gasteiger partial charge is 0.231 e. The molecule has 5 nitrogen and oxygen atoms in total. The van der Waals surface area contributed by atoms with E-state index >= 15 is 0 Å². The van der Waals surface area contributed by atoms with Crippen LogP contribution < -0.4 is 5.32 Å². The molecule has 122 valence electrons. The Morgan fingerprint density at radius 3 is 2.96 bits per heavy atom. The summed E-state index contributed by atoms with van der Waals surface area (Å²) in [4.78, 5) is 17.6. The van der Waals surface area contributed by atoms with E-state index < -0.39 is 5.54 Å². The molecule has 1 saturated heterocycles. The van der Waals surface area contributed by atoms with E-state index in [4.69, 9.17) is 11.8 Å². The number of allylic oxidation sites excluding steroid dienone is 1. The van der Waals surface area contributed by atoms with Gasteiger partial charge >= 0.3 is 0 Å². The average Bonchev–Trinajstić information content (AvgIpc) is 2.56. The molecular formula is C19H20N4O. The molecule has 1 aliphatic rings. The van der Waals surface area contributed by atoms with Crippen LogP contribution in [0.3, 0.4) is 0 Å². The van der Waals surface area contributed by atoms with Crippen LogP contribution in [0.4, 0.5) is 0 Å². The van der Waals surface area contributed by atoms with Gasteiger partial charge in [-0.2, -0.15) is 0 Å². The molecule has 0 spiro atoms. The Morgan fingerprint density at radius 2 is 2.33 bits per heavy atom. The molecule has 1 amide bonds. The summed E-state index contributed by atoms with van der Waals surface area (Å²) in [5.41, 5.74) is 1.66. The van der Waals surface area contributed by atoms with Crippen LogP contribution in [0.1, 0.15) is 24.5 Å². The van der Waals surface area contributed by atoms with Crippen molar-refractivity contribution in [3.8, 4) is 12.3 Å². The second-order valence-electron chi connectivity index (χ2n) is 5.78. The van der Waals surface area contributed by atoms with Crippen LogP contribution in [0.25, 0.3) is 0 Å². The quantitative estimate of drug-likeness (QED) is 0.660. The monoisotopic (exact) mass is 320 g/mol. The van der Waals surface area contributed by atoms with Gasteiger partial charge in [-0.25, -0.2) is 0 Å². The second kappa shape index (κ2) is 6.97. The molecular weight excluding hydrogens is 300 g/mol. The van der Waals surface area contributed by atoms with Gasteiger partial charge in [0.1, 0.15) is 0 Å². The number of hydrogen-bond donors (Lipinski definition) is 2. The predicted octanol–water partition coefficient (Wildman–Crippen LogP) is 2.30. The van der Waals surface area contributed by atoms with E-state index in [1.165, 1.54) is 11.1 Å². The van der Waals surface area contributed by atoms with Gasteiger partial charge in [0.05, 0.1) is 17.7 Å². The van der Waals surface area contributed by atoms with Crippen molar-refractivity contribution in [2.45, 2.75) is 18.9 Å². The molecule has 1 atom stereocenters. The Morgan fingerprint density at radius 1 is 1.58 bits per heavy atom. The van der Waals surface area contributed by atoms with Crippen molar-refractivity contribution in [2.75, 3.05) is 7.05 Å². The van der Waals surface area contributed by atoms with Gasteiger partial charge in [0.25, 0.3) is 0 Å². The van der Waals surface area contributed by atoms with E-state index in [-0.39, 0.29) is 18.3 Å². The van der Waals surface area contributed by atoms with Crippen LogP contribution in [0.2, 0.25) is 0 Å². The predicted molar refractivity (Wildman–Crippen MR) is 96.9 cm³/mol. The number of carbonyl (C=O) groups is 1. The summed E-state index contributed by atoms with van der Waals surface area (Å²) in [5, 5.41) is 10.9. The molecule has 1 aliphatic heterocycles. The van der Waals surface area contributed by atoms with Crippen LogP contribution in [-0.4, -0.2) is 35.1 Å². The Bertz CT molecular complexity index is 765. The van der Waals surface area contributed by atoms with Gasteiger partial charge in [0.2, 0.25) is 5.91 Å². The zero-order valence-electron chi connectivity index (χ0n) is 13.8. The third-order valence-electron chi connectivity index (χ3n) is 3.80. The number of guanidine groups is 1. The molecule has 24 heavy (non-hydrogen) atoms. The summed E-state index contributed by atoms with van der Waals surface area (Å²) in [6, 6.07) is 7.49. The first kappa shape index (κ1) is 17.2. The molecule has 0 bridgehead atoms. The maximum Gasteiger partial charge on any atom is 0.231 e. The summed E-state index contributed by atoms with van der Waals surface area (Å²) in [6.45, 7) is 5.51. The number of benzene rings is 1. The number of aliphatic imine (C=N–C) groups is 1. The molecule has 2 rings (SSSR count). The average molecular weight is 320 g/mol. The molecule has 1 aromatic rings. The standard InChI is InChI=1S/C19H20N4O/c1-5-14-8-7-9-15(12-14)16(21-6-2)10-11-19(3)13-17(24)23(4)18(20)22-19/h1,6-12H,2,13H2,3-4H3,(H2,20,22)/b11-10+,21-16+/t19-/m1/s1. The molecule has 0 aromatic heterocycles. The van der Waals surface area contributed by atoms with E-state index in [0.717, 1.165) is 11.1 Å². The SMILES string of the molecule is C#Cc1cccc(C(/C=C/[C@]2(C)CC(=O)N(C)C(=N)N2)=N/C=C)c1. The maximum absolute atomic E-state index is 12.0. The van der Waals surface area contributed by atoms with E-state index in [0.29, 0.717) is 5.71 Å². The Balaban J connectivity index is 2.31. The van der Waals surface area contributed by atoms with Gasteiger partial charge < -0.3 is 5.32 Å². The molecule has 5 heteroatoms. The molecule has 0 radical (unpaired) electrons. The maximum atomic E-state index is 12.0. The lowest BCUT2D eigenvalue weighted by atomic mass is 9.93. The van der Waals surface area contributed by atoms with Crippen LogP contribution in [0.15, 0.2) is 54.2 Å². The zero-order chi connectivity index (χ0) is 17.7. The van der Waals surface area contributed by atoms with Gasteiger partial charge in [-0.05, 0) is 25.1 Å². The van der Waals surface area contributed by atoms with Gasteiger partial charge in [0.15, 0.2) is 5.96 Å². The lowest BCUT2D eigenvalue weighted by Crippen LogP contribution is -2.59. The van der Waals surface area contributed by atoms with Crippen LogP contribution in [-0.2, 0) is 4.79 Å². The first-order valence-electron chi connectivity index (χ1n) is 7.47. The summed E-state index contributed by atoms with van der Waals surface area (Å²) < 4.78 is 0. The lowest BCUT2D eigenvalue weighted by Gasteiger charge is -2.37. The fraction of sp³-hybridized carbons (Fsp3) is 0.211. The number of amides is 1. The molecule has 1 heterocycles. The summed E-state index contributed by atoms with van der Waals surface area (Å²) >= 11 is 0. The van der Waals surface area contributed by atoms with Gasteiger partial charge in [-0.1, -0.05) is 30.7 Å². The van der Waals surface area contributed by atoms with Crippen molar-refractivity contribution in [3.05, 3.63) is 60.3 Å². The normalized spacial score (nSPS) is 21.5. The van der Waals surface area contributed by atoms with Crippen molar-refractivity contribution in [1.82, 2.24) is 10.2 Å². The number of terminal acetylenes is 1. The highest BCUT2D eigenvalue weighted by Crippen LogP contribution is 2.19. The van der Waals surface area contributed by atoms with Crippen LogP contribution >= 0.6 is 0 Å². The Kier molecular flexibility index (Phi) is 5.00. The van der Waals surface area contributed by atoms with Crippen LogP contribution in [0.5, 0.6) is 0 Å². The highest BCUT2D eigenvalue weighted by Gasteiger charge is 2.34. The molecule has 0 aliphatic carbocycles. The van der Waals surface area contributed by atoms with Gasteiger partial charge in [-0.3, -0.25) is 20.1 Å². The van der Waals surface area contributed by atoms with Crippen molar-refractivity contribution >= 4 is 17.6 Å². The third kappa shape index (κ3) is 3.79. The summed E-state index contributed by atoms with van der Waals surface area (Å²) in [6.07, 6.45) is 10.8. The fourth-order valence-electron chi connectivity index (χ4n) is 2.40. The third-order valence-corrected chi connectivity index (χ3v) is 3.80. The minimum Gasteiger partial charge on any atom is -0.347 e. The van der Waals surface area contributed by atoms with Crippen molar-refractivity contribution < 1.29 is 4.79 Å². The number of rotatable bonds is 4. The van der Waals surface area contributed by atoms with Crippen LogP contribution in [0, 0.1) is 17.8 Å². The van der Waals surface area contributed by atoms with E-state index in [9.17, 15) is 4.79 Å². The lowest BCUT2D eigenvalue weighted by molar-refractivity contribution is -0.128. The number of nitrogens with zero attached hydrogens (tertiary/aromatic N) is 2. The topological polar surface area (TPSA) is 68.6 Å². The molecule has 2 N–H and O–H groups in total. The van der Waals surface area contributed by atoms with Gasteiger partial charge in [-0.15, -0.1) is 6.42 Å². The highest BCUT2D eigenvalue weighted by atomic mass is 16.2. The molecule has 0 saturated carbocycles. The minimum atomic E-state index is -0.646. The minimum absolute atomic E-state index is 0.0786. The fourth-order valence-corrected chi connectivity index (χ4v) is 2.40.